The van der Waals surface area contributed by atoms with E-state index >= 15 is 0 Å². The number of thioether (sulfide) groups is 2. The van der Waals surface area contributed by atoms with Crippen LogP contribution in [-0.2, 0) is 4.79 Å². The van der Waals surface area contributed by atoms with Crippen molar-refractivity contribution in [3.63, 3.8) is 0 Å². The van der Waals surface area contributed by atoms with Crippen molar-refractivity contribution in [1.82, 2.24) is 15.2 Å². The fourth-order valence-electron chi connectivity index (χ4n) is 2.02. The van der Waals surface area contributed by atoms with E-state index in [1.807, 2.05) is 55.0 Å². The van der Waals surface area contributed by atoms with E-state index < -0.39 is 0 Å². The molecule has 5 nitrogen and oxygen atoms in total. The molecule has 0 bridgehead atoms. The number of hydrogen-bond donors (Lipinski definition) is 2. The number of aromatic nitrogens is 3. The minimum atomic E-state index is -0.299. The van der Waals surface area contributed by atoms with E-state index in [0.717, 1.165) is 21.3 Å². The number of anilines is 1. The summed E-state index contributed by atoms with van der Waals surface area (Å²) < 4.78 is 0. The van der Waals surface area contributed by atoms with Crippen molar-refractivity contribution in [2.75, 3.05) is 11.6 Å². The van der Waals surface area contributed by atoms with Crippen LogP contribution in [0.1, 0.15) is 6.92 Å². The van der Waals surface area contributed by atoms with E-state index in [0.29, 0.717) is 5.16 Å². The van der Waals surface area contributed by atoms with Crippen molar-refractivity contribution >= 4 is 46.5 Å². The molecule has 2 aromatic heterocycles. The summed E-state index contributed by atoms with van der Waals surface area (Å²) in [5.74, 6) is 0.664. The Morgan fingerprint density at radius 1 is 1.29 bits per heavy atom. The van der Waals surface area contributed by atoms with Crippen LogP contribution in [0, 0.1) is 0 Å². The maximum atomic E-state index is 12.4. The molecule has 0 spiro atoms. The lowest BCUT2D eigenvalue weighted by molar-refractivity contribution is -0.115. The molecule has 1 atom stereocenters. The number of benzene rings is 1. The van der Waals surface area contributed by atoms with Crippen molar-refractivity contribution in [2.24, 2.45) is 0 Å². The molecule has 0 aliphatic heterocycles. The summed E-state index contributed by atoms with van der Waals surface area (Å²) in [4.78, 5) is 18.9. The van der Waals surface area contributed by atoms with E-state index in [1.54, 1.807) is 23.1 Å². The molecule has 0 fully saturated rings. The minimum Gasteiger partial charge on any atom is -0.324 e. The summed E-state index contributed by atoms with van der Waals surface area (Å²) in [6.07, 6.45) is 1.99. The van der Waals surface area contributed by atoms with Crippen LogP contribution in [-0.4, -0.2) is 32.6 Å². The third kappa shape index (κ3) is 4.00. The van der Waals surface area contributed by atoms with Gasteiger partial charge in [-0.3, -0.25) is 9.89 Å². The second-order valence-corrected chi connectivity index (χ2v) is 8.00. The summed E-state index contributed by atoms with van der Waals surface area (Å²) in [5, 5.41) is 12.3. The lowest BCUT2D eigenvalue weighted by Gasteiger charge is -2.12. The van der Waals surface area contributed by atoms with Gasteiger partial charge in [-0.05, 0) is 36.8 Å². The van der Waals surface area contributed by atoms with Gasteiger partial charge in [0.15, 0.2) is 5.82 Å². The van der Waals surface area contributed by atoms with Gasteiger partial charge in [0, 0.05) is 4.90 Å². The van der Waals surface area contributed by atoms with E-state index in [4.69, 9.17) is 0 Å². The molecule has 2 N–H and O–H groups in total. The van der Waals surface area contributed by atoms with Crippen LogP contribution in [0.5, 0.6) is 0 Å². The van der Waals surface area contributed by atoms with Crippen LogP contribution in [0.15, 0.2) is 51.8 Å². The van der Waals surface area contributed by atoms with Gasteiger partial charge in [-0.25, -0.2) is 4.98 Å². The van der Waals surface area contributed by atoms with Crippen LogP contribution in [0.2, 0.25) is 0 Å². The fraction of sp³-hybridized carbons (Fsp3) is 0.188. The number of aromatic amines is 1. The van der Waals surface area contributed by atoms with Crippen molar-refractivity contribution in [3.05, 3.63) is 41.8 Å². The quantitative estimate of drug-likeness (QED) is 0.625. The van der Waals surface area contributed by atoms with Crippen LogP contribution in [0.25, 0.3) is 10.7 Å². The van der Waals surface area contributed by atoms with Crippen LogP contribution in [0.3, 0.4) is 0 Å². The van der Waals surface area contributed by atoms with Crippen molar-refractivity contribution < 1.29 is 4.79 Å². The monoisotopic (exact) mass is 376 g/mol. The Morgan fingerprint density at radius 3 is 2.88 bits per heavy atom. The highest BCUT2D eigenvalue weighted by molar-refractivity contribution is 8.00. The lowest BCUT2D eigenvalue weighted by atomic mass is 10.3. The standard InChI is InChI=1S/C16H16N4OS3/c1-10(15(21)17-11-6-3-4-7-12(11)22-2)24-16-18-14(19-20-16)13-8-5-9-23-13/h3-10H,1-2H3,(H,17,21)(H,18,19,20). The number of para-hydroxylation sites is 1. The number of hydrogen-bond acceptors (Lipinski definition) is 6. The molecule has 0 saturated carbocycles. The minimum absolute atomic E-state index is 0.0658. The number of nitrogens with zero attached hydrogens (tertiary/aromatic N) is 2. The van der Waals surface area contributed by atoms with Crippen molar-refractivity contribution in [2.45, 2.75) is 22.2 Å². The van der Waals surface area contributed by atoms with Gasteiger partial charge >= 0.3 is 0 Å². The first-order chi connectivity index (χ1) is 11.7. The Kier molecular flexibility index (Phi) is 5.60. The molecule has 124 valence electrons. The van der Waals surface area contributed by atoms with Crippen LogP contribution in [0.4, 0.5) is 5.69 Å². The second-order valence-electron chi connectivity index (χ2n) is 4.89. The highest BCUT2D eigenvalue weighted by Crippen LogP contribution is 2.28. The van der Waals surface area contributed by atoms with Gasteiger partial charge in [0.2, 0.25) is 11.1 Å². The Labute approximate surface area is 152 Å². The van der Waals surface area contributed by atoms with Crippen molar-refractivity contribution in [3.8, 4) is 10.7 Å². The highest BCUT2D eigenvalue weighted by atomic mass is 32.2. The molecule has 0 aliphatic carbocycles. The second kappa shape index (κ2) is 7.87. The third-order valence-electron chi connectivity index (χ3n) is 3.24. The molecular formula is C16H16N4OS3. The lowest BCUT2D eigenvalue weighted by Crippen LogP contribution is -2.22. The van der Waals surface area contributed by atoms with Crippen molar-refractivity contribution in [1.29, 1.82) is 0 Å². The topological polar surface area (TPSA) is 70.7 Å². The molecule has 24 heavy (non-hydrogen) atoms. The van der Waals surface area contributed by atoms with Gasteiger partial charge in [-0.2, -0.15) is 0 Å². The first-order valence-corrected chi connectivity index (χ1v) is 10.2. The van der Waals surface area contributed by atoms with Gasteiger partial charge in [0.1, 0.15) is 0 Å². The highest BCUT2D eigenvalue weighted by Gasteiger charge is 2.18. The summed E-state index contributed by atoms with van der Waals surface area (Å²) in [5.41, 5.74) is 0.830. The zero-order valence-electron chi connectivity index (χ0n) is 13.1. The Morgan fingerprint density at radius 2 is 2.12 bits per heavy atom. The average molecular weight is 377 g/mol. The number of carbonyl (C=O) groups is 1. The van der Waals surface area contributed by atoms with E-state index in [2.05, 4.69) is 20.5 Å². The zero-order valence-corrected chi connectivity index (χ0v) is 15.6. The average Bonchev–Trinajstić information content (AvgIpc) is 3.26. The summed E-state index contributed by atoms with van der Waals surface area (Å²) in [6, 6.07) is 11.7. The summed E-state index contributed by atoms with van der Waals surface area (Å²) in [6.45, 7) is 1.85. The number of rotatable bonds is 6. The molecule has 2 heterocycles. The number of thiophene rings is 1. The fourth-order valence-corrected chi connectivity index (χ4v) is 3.96. The van der Waals surface area contributed by atoms with Gasteiger partial charge < -0.3 is 5.32 Å². The smallest absolute Gasteiger partial charge is 0.237 e. The van der Waals surface area contributed by atoms with E-state index in [1.165, 1.54) is 11.8 Å². The van der Waals surface area contributed by atoms with E-state index in [9.17, 15) is 4.79 Å². The maximum absolute atomic E-state index is 12.4. The summed E-state index contributed by atoms with van der Waals surface area (Å²) >= 11 is 4.54. The molecule has 0 aliphatic rings. The zero-order chi connectivity index (χ0) is 16.9. The number of nitrogens with one attached hydrogen (secondary N) is 2. The molecule has 0 radical (unpaired) electrons. The van der Waals surface area contributed by atoms with E-state index in [-0.39, 0.29) is 11.2 Å². The molecule has 3 rings (SSSR count). The predicted molar refractivity (Wildman–Crippen MR) is 102 cm³/mol. The molecule has 8 heteroatoms. The van der Waals surface area contributed by atoms with Crippen LogP contribution >= 0.6 is 34.9 Å². The maximum Gasteiger partial charge on any atom is 0.237 e. The number of H-pyrrole nitrogens is 1. The van der Waals surface area contributed by atoms with Gasteiger partial charge in [-0.1, -0.05) is 30.0 Å². The Bertz CT molecular complexity index is 816. The third-order valence-corrected chi connectivity index (χ3v) is 5.87. The predicted octanol–water partition coefficient (Wildman–Crippen LogP) is 4.37. The molecule has 0 saturated heterocycles. The van der Waals surface area contributed by atoms with Crippen LogP contribution < -0.4 is 5.32 Å². The molecule has 3 aromatic rings. The first-order valence-electron chi connectivity index (χ1n) is 7.24. The SMILES string of the molecule is CSc1ccccc1NC(=O)C(C)Sc1n[nH]c(-c2cccs2)n1. The molecule has 1 amide bonds. The number of carbonyl (C=O) groups excluding carboxylic acids is 1. The van der Waals surface area contributed by atoms with Gasteiger partial charge in [0.25, 0.3) is 0 Å². The Balaban J connectivity index is 1.64. The normalized spacial score (nSPS) is 12.1. The van der Waals surface area contributed by atoms with Gasteiger partial charge in [0.05, 0.1) is 15.8 Å². The molecular weight excluding hydrogens is 360 g/mol. The Hall–Kier alpha value is -1.77. The first kappa shape index (κ1) is 17.1. The van der Waals surface area contributed by atoms with Gasteiger partial charge in [-0.15, -0.1) is 28.2 Å². The summed E-state index contributed by atoms with van der Waals surface area (Å²) in [7, 11) is 0. The molecule has 1 aromatic carbocycles. The largest absolute Gasteiger partial charge is 0.324 e. The number of amides is 1. The molecule has 1 unspecified atom stereocenters.